The number of fused-ring (bicyclic) bond motifs is 1. The molecule has 0 bridgehead atoms. The fraction of sp³-hybridized carbons (Fsp3) is 0.447. The molecule has 4 aromatic rings. The van der Waals surface area contributed by atoms with Crippen molar-refractivity contribution in [3.63, 3.8) is 0 Å². The maximum absolute atomic E-state index is 15.1. The molecule has 0 spiro atoms. The molecule has 0 saturated carbocycles. The van der Waals surface area contributed by atoms with Gasteiger partial charge in [-0.05, 0) is 97.1 Å². The molecule has 2 unspecified atom stereocenters. The van der Waals surface area contributed by atoms with Gasteiger partial charge in [-0.25, -0.2) is 0 Å². The van der Waals surface area contributed by atoms with E-state index < -0.39 is 0 Å². The summed E-state index contributed by atoms with van der Waals surface area (Å²) in [6.07, 6.45) is 11.5. The SMILES string of the molecule is CCCCCC(CC)CN1C(=O)C2=C(c3ccc(-c4ccc(CCN)cc4)s3)N(CC(CC)CCCC)C(=O)C2=C1c1ccc(-c2ccc(CCN)cc2)s1. The Labute approximate surface area is 337 Å². The van der Waals surface area contributed by atoms with Gasteiger partial charge in [0.15, 0.2) is 0 Å². The van der Waals surface area contributed by atoms with E-state index in [1.54, 1.807) is 22.7 Å². The summed E-state index contributed by atoms with van der Waals surface area (Å²) in [4.78, 5) is 38.4. The molecular weight excluding hydrogens is 717 g/mol. The molecule has 0 radical (unpaired) electrons. The van der Waals surface area contributed by atoms with Crippen molar-refractivity contribution in [1.29, 1.82) is 0 Å². The zero-order valence-corrected chi connectivity index (χ0v) is 35.0. The summed E-state index contributed by atoms with van der Waals surface area (Å²) >= 11 is 3.35. The minimum absolute atomic E-state index is 0.0337. The number of benzene rings is 2. The molecule has 2 aliphatic rings. The lowest BCUT2D eigenvalue weighted by molar-refractivity contribution is -0.124. The topological polar surface area (TPSA) is 92.7 Å². The molecule has 0 fully saturated rings. The first kappa shape index (κ1) is 40.8. The van der Waals surface area contributed by atoms with Gasteiger partial charge in [0.05, 0.1) is 32.3 Å². The van der Waals surface area contributed by atoms with Crippen LogP contribution in [0, 0.1) is 11.8 Å². The number of carbonyl (C=O) groups excluding carboxylic acids is 2. The van der Waals surface area contributed by atoms with Gasteiger partial charge in [0.25, 0.3) is 11.8 Å². The largest absolute Gasteiger partial charge is 0.330 e. The predicted octanol–water partition coefficient (Wildman–Crippen LogP) is 10.8. The molecule has 8 heteroatoms. The third-order valence-corrected chi connectivity index (χ3v) is 13.7. The monoisotopic (exact) mass is 776 g/mol. The van der Waals surface area contributed by atoms with E-state index in [1.807, 2.05) is 9.80 Å². The summed E-state index contributed by atoms with van der Waals surface area (Å²) in [5, 5.41) is 0. The maximum atomic E-state index is 15.1. The smallest absolute Gasteiger partial charge is 0.261 e. The molecule has 4 heterocycles. The van der Waals surface area contributed by atoms with Crippen molar-refractivity contribution in [3.8, 4) is 20.9 Å². The molecule has 55 heavy (non-hydrogen) atoms. The Hall–Kier alpha value is -3.82. The number of thiophene rings is 2. The van der Waals surface area contributed by atoms with Crippen LogP contribution >= 0.6 is 22.7 Å². The molecule has 2 amide bonds. The molecule has 6 nitrogen and oxygen atoms in total. The van der Waals surface area contributed by atoms with Gasteiger partial charge in [-0.1, -0.05) is 121 Å². The van der Waals surface area contributed by atoms with Crippen LogP contribution in [-0.4, -0.2) is 47.8 Å². The van der Waals surface area contributed by atoms with Crippen LogP contribution in [0.2, 0.25) is 0 Å². The molecule has 292 valence electrons. The normalized spacial score (nSPS) is 15.5. The quantitative estimate of drug-likeness (QED) is 0.0824. The first-order chi connectivity index (χ1) is 26.8. The average Bonchev–Trinajstić information content (AvgIpc) is 4.00. The lowest BCUT2D eigenvalue weighted by Crippen LogP contribution is -2.34. The Balaban J connectivity index is 1.48. The van der Waals surface area contributed by atoms with Crippen molar-refractivity contribution in [3.05, 3.63) is 105 Å². The second kappa shape index (κ2) is 19.4. The van der Waals surface area contributed by atoms with E-state index in [1.165, 1.54) is 17.5 Å². The Kier molecular flexibility index (Phi) is 14.4. The van der Waals surface area contributed by atoms with Crippen LogP contribution in [0.25, 0.3) is 32.3 Å². The highest BCUT2D eigenvalue weighted by molar-refractivity contribution is 7.17. The van der Waals surface area contributed by atoms with E-state index in [0.29, 0.717) is 49.2 Å². The van der Waals surface area contributed by atoms with Crippen LogP contribution in [0.1, 0.15) is 106 Å². The number of nitrogens with two attached hydrogens (primary N) is 2. The number of unbranched alkanes of at least 4 members (excludes halogenated alkanes) is 3. The lowest BCUT2D eigenvalue weighted by Gasteiger charge is -2.29. The zero-order chi connectivity index (χ0) is 38.9. The van der Waals surface area contributed by atoms with E-state index in [4.69, 9.17) is 11.5 Å². The van der Waals surface area contributed by atoms with E-state index in [0.717, 1.165) is 106 Å². The number of nitrogens with zero attached hydrogens (tertiary/aromatic N) is 2. The van der Waals surface area contributed by atoms with Gasteiger partial charge in [-0.2, -0.15) is 0 Å². The number of amides is 2. The number of carbonyl (C=O) groups is 2. The fourth-order valence-corrected chi connectivity index (χ4v) is 10.2. The second-order valence-electron chi connectivity index (χ2n) is 15.3. The average molecular weight is 777 g/mol. The van der Waals surface area contributed by atoms with Crippen LogP contribution in [0.5, 0.6) is 0 Å². The highest BCUT2D eigenvalue weighted by atomic mass is 32.1. The summed E-state index contributed by atoms with van der Waals surface area (Å²) in [7, 11) is 0. The van der Waals surface area contributed by atoms with E-state index in [-0.39, 0.29) is 11.8 Å². The third-order valence-electron chi connectivity index (χ3n) is 11.4. The van der Waals surface area contributed by atoms with Crippen molar-refractivity contribution >= 4 is 45.9 Å². The number of hydrogen-bond acceptors (Lipinski definition) is 6. The fourth-order valence-electron chi connectivity index (χ4n) is 8.04. The van der Waals surface area contributed by atoms with Crippen molar-refractivity contribution in [1.82, 2.24) is 9.80 Å². The Morgan fingerprint density at radius 3 is 1.31 bits per heavy atom. The first-order valence-electron chi connectivity index (χ1n) is 20.8. The molecule has 6 rings (SSSR count). The molecule has 0 saturated heterocycles. The molecule has 2 aromatic carbocycles. The van der Waals surface area contributed by atoms with Gasteiger partial charge in [0, 0.05) is 22.8 Å². The molecule has 2 aromatic heterocycles. The van der Waals surface area contributed by atoms with Crippen LogP contribution in [-0.2, 0) is 22.4 Å². The standard InChI is InChI=1S/C47H60N4O2S2/c1-5-9-11-13-33(8-4)31-51-45(41-25-23-39(55-41)37-20-16-35(17-21-37)27-29-49)43-42(47(51)53)44(50(46(43)52)30-32(7-3)12-10-6-2)40-24-22-38(54-40)36-18-14-34(15-19-36)26-28-48/h14-25,32-33H,5-13,26-31,48-49H2,1-4H3. The summed E-state index contributed by atoms with van der Waals surface area (Å²) < 4.78 is 0. The third kappa shape index (κ3) is 9.09. The van der Waals surface area contributed by atoms with Crippen molar-refractivity contribution in [2.75, 3.05) is 26.2 Å². The zero-order valence-electron chi connectivity index (χ0n) is 33.4. The van der Waals surface area contributed by atoms with Gasteiger partial charge in [0.2, 0.25) is 0 Å². The number of rotatable bonds is 21. The van der Waals surface area contributed by atoms with Gasteiger partial charge in [-0.15, -0.1) is 22.7 Å². The van der Waals surface area contributed by atoms with E-state index in [2.05, 4.69) is 100 Å². The second-order valence-corrected chi connectivity index (χ2v) is 17.4. The van der Waals surface area contributed by atoms with Crippen LogP contribution in [0.15, 0.2) is 83.9 Å². The molecule has 2 aliphatic heterocycles. The summed E-state index contributed by atoms with van der Waals surface area (Å²) in [6, 6.07) is 25.8. The highest BCUT2D eigenvalue weighted by Crippen LogP contribution is 2.50. The Morgan fingerprint density at radius 2 is 0.927 bits per heavy atom. The lowest BCUT2D eigenvalue weighted by atomic mass is 9.97. The van der Waals surface area contributed by atoms with Crippen LogP contribution in [0.4, 0.5) is 0 Å². The van der Waals surface area contributed by atoms with Crippen molar-refractivity contribution in [2.24, 2.45) is 23.3 Å². The Morgan fingerprint density at radius 1 is 0.527 bits per heavy atom. The van der Waals surface area contributed by atoms with Crippen LogP contribution in [0.3, 0.4) is 0 Å². The van der Waals surface area contributed by atoms with Gasteiger partial charge < -0.3 is 21.3 Å². The number of hydrogen-bond donors (Lipinski definition) is 2. The van der Waals surface area contributed by atoms with Gasteiger partial charge in [-0.3, -0.25) is 9.59 Å². The molecule has 0 aliphatic carbocycles. The predicted molar refractivity (Wildman–Crippen MR) is 234 cm³/mol. The van der Waals surface area contributed by atoms with Crippen molar-refractivity contribution < 1.29 is 9.59 Å². The van der Waals surface area contributed by atoms with Gasteiger partial charge in [0.1, 0.15) is 0 Å². The van der Waals surface area contributed by atoms with Crippen LogP contribution < -0.4 is 11.5 Å². The molecule has 4 N–H and O–H groups in total. The van der Waals surface area contributed by atoms with E-state index >= 15 is 9.59 Å². The summed E-state index contributed by atoms with van der Waals surface area (Å²) in [5.74, 6) is 0.631. The maximum Gasteiger partial charge on any atom is 0.261 e. The highest BCUT2D eigenvalue weighted by Gasteiger charge is 2.50. The van der Waals surface area contributed by atoms with E-state index in [9.17, 15) is 0 Å². The first-order valence-corrected chi connectivity index (χ1v) is 22.4. The summed E-state index contributed by atoms with van der Waals surface area (Å²) in [6.45, 7) is 11.4. The molecular formula is C47H60N4O2S2. The minimum Gasteiger partial charge on any atom is -0.330 e. The minimum atomic E-state index is -0.0352. The van der Waals surface area contributed by atoms with Gasteiger partial charge >= 0.3 is 0 Å². The van der Waals surface area contributed by atoms with Crippen molar-refractivity contribution in [2.45, 2.75) is 98.3 Å². The summed E-state index contributed by atoms with van der Waals surface area (Å²) in [5.41, 5.74) is 19.1. The molecule has 2 atom stereocenters. The Bertz CT molecular complexity index is 1970.